The van der Waals surface area contributed by atoms with E-state index >= 15 is 0 Å². The minimum absolute atomic E-state index is 0.874. The first-order valence-corrected chi connectivity index (χ1v) is 19.8. The summed E-state index contributed by atoms with van der Waals surface area (Å²) >= 11 is 0. The molecule has 0 aliphatic rings. The van der Waals surface area contributed by atoms with Crippen molar-refractivity contribution in [3.05, 3.63) is 224 Å². The average molecular weight is 740 g/mol. The van der Waals surface area contributed by atoms with Crippen LogP contribution in [0.5, 0.6) is 0 Å². The van der Waals surface area contributed by atoms with E-state index in [0.717, 1.165) is 50.5 Å². The van der Waals surface area contributed by atoms with Crippen LogP contribution in [0.4, 0.5) is 17.1 Å². The summed E-state index contributed by atoms with van der Waals surface area (Å²) in [7, 11) is 0. The Balaban J connectivity index is 0.945. The topological polar surface area (TPSA) is 16.4 Å². The summed E-state index contributed by atoms with van der Waals surface area (Å²) in [6, 6.07) is 80.8. The van der Waals surface area contributed by atoms with Crippen molar-refractivity contribution in [3.63, 3.8) is 0 Å². The predicted octanol–water partition coefficient (Wildman–Crippen LogP) is 16.0. The Morgan fingerprint density at radius 1 is 0.259 bits per heavy atom. The molecule has 272 valence electrons. The molecule has 58 heavy (non-hydrogen) atoms. The highest BCUT2D eigenvalue weighted by atomic mass is 16.3. The number of nitrogens with zero attached hydrogens (tertiary/aromatic N) is 1. The van der Waals surface area contributed by atoms with Crippen molar-refractivity contribution >= 4 is 60.3 Å². The lowest BCUT2D eigenvalue weighted by Gasteiger charge is -2.26. The Morgan fingerprint density at radius 2 is 0.724 bits per heavy atom. The molecule has 0 bridgehead atoms. The van der Waals surface area contributed by atoms with Crippen LogP contribution in [0.1, 0.15) is 0 Å². The van der Waals surface area contributed by atoms with Crippen molar-refractivity contribution in [2.24, 2.45) is 0 Å². The number of para-hydroxylation sites is 1. The van der Waals surface area contributed by atoms with Crippen LogP contribution in [0.2, 0.25) is 0 Å². The van der Waals surface area contributed by atoms with E-state index in [2.05, 4.69) is 211 Å². The zero-order valence-corrected chi connectivity index (χ0v) is 31.7. The fourth-order valence-electron chi connectivity index (χ4n) is 8.39. The van der Waals surface area contributed by atoms with Gasteiger partial charge in [-0.15, -0.1) is 0 Å². The van der Waals surface area contributed by atoms with Gasteiger partial charge in [0.1, 0.15) is 11.3 Å². The summed E-state index contributed by atoms with van der Waals surface area (Å²) in [4.78, 5) is 2.34. The summed E-state index contributed by atoms with van der Waals surface area (Å²) in [5.41, 5.74) is 12.3. The first-order chi connectivity index (χ1) is 28.7. The SMILES string of the molecule is c1cc(-c2ccc(N(c3ccc(-c4ccc5ccccc5c4)cc3)c3ccc(-c4ccc5c(ccc6ccccc65)c4)cc3)cc2)cc(-c2cc3ccccc3o2)c1. The number of rotatable bonds is 7. The average Bonchev–Trinajstić information content (AvgIpc) is 3.74. The summed E-state index contributed by atoms with van der Waals surface area (Å²) in [5.74, 6) is 0.874. The normalized spacial score (nSPS) is 11.4. The summed E-state index contributed by atoms with van der Waals surface area (Å²) in [5, 5.41) is 8.68. The number of hydrogen-bond acceptors (Lipinski definition) is 2. The molecule has 0 amide bonds. The van der Waals surface area contributed by atoms with Gasteiger partial charge in [-0.1, -0.05) is 158 Å². The third-order valence-electron chi connectivity index (χ3n) is 11.4. The molecule has 0 atom stereocenters. The van der Waals surface area contributed by atoms with E-state index in [0.29, 0.717) is 0 Å². The quantitative estimate of drug-likeness (QED) is 0.151. The third kappa shape index (κ3) is 6.18. The van der Waals surface area contributed by atoms with Crippen molar-refractivity contribution in [1.82, 2.24) is 0 Å². The van der Waals surface area contributed by atoms with Gasteiger partial charge in [-0.05, 0) is 132 Å². The molecule has 0 saturated heterocycles. The summed E-state index contributed by atoms with van der Waals surface area (Å²) < 4.78 is 6.21. The molecule has 1 aromatic heterocycles. The zero-order chi connectivity index (χ0) is 38.4. The first kappa shape index (κ1) is 33.6. The number of furan rings is 1. The Morgan fingerprint density at radius 3 is 1.40 bits per heavy atom. The van der Waals surface area contributed by atoms with Crippen molar-refractivity contribution in [2.75, 3.05) is 4.90 Å². The Labute approximate surface area is 337 Å². The number of anilines is 3. The Kier molecular flexibility index (Phi) is 8.19. The second-order valence-corrected chi connectivity index (χ2v) is 15.0. The molecule has 11 rings (SSSR count). The van der Waals surface area contributed by atoms with E-state index in [1.807, 2.05) is 18.2 Å². The predicted molar refractivity (Wildman–Crippen MR) is 245 cm³/mol. The minimum atomic E-state index is 0.874. The van der Waals surface area contributed by atoms with Gasteiger partial charge < -0.3 is 9.32 Å². The lowest BCUT2D eigenvalue weighted by molar-refractivity contribution is 0.631. The molecule has 2 heteroatoms. The summed E-state index contributed by atoms with van der Waals surface area (Å²) in [6.07, 6.45) is 0. The largest absolute Gasteiger partial charge is 0.456 e. The second-order valence-electron chi connectivity index (χ2n) is 15.0. The molecule has 0 fully saturated rings. The van der Waals surface area contributed by atoms with Crippen molar-refractivity contribution < 1.29 is 4.42 Å². The molecule has 11 aromatic rings. The standard InChI is InChI=1S/C56H37NO/c1-2-10-43-34-45(18-16-38(43)8-1)40-22-29-51(30-23-40)57(52-31-24-41(25-32-52)46-26-33-54-47(35-46)19-17-42-9-3-5-14-53(42)54)50-27-20-39(21-28-50)44-12-7-13-48(36-44)56-37-49-11-4-6-15-55(49)58-56/h1-37H. The van der Waals surface area contributed by atoms with Crippen molar-refractivity contribution in [3.8, 4) is 44.7 Å². The lowest BCUT2D eigenvalue weighted by Crippen LogP contribution is -2.09. The van der Waals surface area contributed by atoms with Crippen LogP contribution in [-0.2, 0) is 0 Å². The van der Waals surface area contributed by atoms with Gasteiger partial charge in [0.2, 0.25) is 0 Å². The maximum absolute atomic E-state index is 6.21. The van der Waals surface area contributed by atoms with Gasteiger partial charge in [0.15, 0.2) is 0 Å². The molecular formula is C56H37NO. The van der Waals surface area contributed by atoms with E-state index in [4.69, 9.17) is 4.42 Å². The van der Waals surface area contributed by atoms with Crippen LogP contribution in [0.3, 0.4) is 0 Å². The van der Waals surface area contributed by atoms with Gasteiger partial charge >= 0.3 is 0 Å². The monoisotopic (exact) mass is 739 g/mol. The van der Waals surface area contributed by atoms with Crippen LogP contribution in [0, 0.1) is 0 Å². The van der Waals surface area contributed by atoms with E-state index in [1.54, 1.807) is 0 Å². The van der Waals surface area contributed by atoms with E-state index in [1.165, 1.54) is 54.6 Å². The van der Waals surface area contributed by atoms with Gasteiger partial charge in [-0.3, -0.25) is 0 Å². The second kappa shape index (κ2) is 14.1. The van der Waals surface area contributed by atoms with Crippen LogP contribution in [0.15, 0.2) is 229 Å². The van der Waals surface area contributed by atoms with Crippen LogP contribution in [0.25, 0.3) is 88.0 Å². The smallest absolute Gasteiger partial charge is 0.135 e. The molecule has 0 N–H and O–H groups in total. The van der Waals surface area contributed by atoms with E-state index in [9.17, 15) is 0 Å². The fourth-order valence-corrected chi connectivity index (χ4v) is 8.39. The van der Waals surface area contributed by atoms with Gasteiger partial charge in [0.25, 0.3) is 0 Å². The highest BCUT2D eigenvalue weighted by molar-refractivity contribution is 6.08. The maximum atomic E-state index is 6.21. The van der Waals surface area contributed by atoms with Crippen molar-refractivity contribution in [2.45, 2.75) is 0 Å². The van der Waals surface area contributed by atoms with Crippen LogP contribution in [-0.4, -0.2) is 0 Å². The first-order valence-electron chi connectivity index (χ1n) is 19.8. The Bertz CT molecular complexity index is 3230. The molecule has 2 nitrogen and oxygen atoms in total. The number of hydrogen-bond donors (Lipinski definition) is 0. The minimum Gasteiger partial charge on any atom is -0.456 e. The highest BCUT2D eigenvalue weighted by Gasteiger charge is 2.15. The van der Waals surface area contributed by atoms with Crippen LogP contribution < -0.4 is 4.90 Å². The van der Waals surface area contributed by atoms with Gasteiger partial charge in [-0.25, -0.2) is 0 Å². The molecule has 0 saturated carbocycles. The van der Waals surface area contributed by atoms with Crippen LogP contribution >= 0.6 is 0 Å². The molecular weight excluding hydrogens is 703 g/mol. The zero-order valence-electron chi connectivity index (χ0n) is 31.7. The van der Waals surface area contributed by atoms with Crippen molar-refractivity contribution in [1.29, 1.82) is 0 Å². The lowest BCUT2D eigenvalue weighted by atomic mass is 9.97. The molecule has 0 unspecified atom stereocenters. The molecule has 1 heterocycles. The fraction of sp³-hybridized carbons (Fsp3) is 0. The van der Waals surface area contributed by atoms with E-state index in [-0.39, 0.29) is 0 Å². The summed E-state index contributed by atoms with van der Waals surface area (Å²) in [6.45, 7) is 0. The Hall–Kier alpha value is -7.68. The highest BCUT2D eigenvalue weighted by Crippen LogP contribution is 2.39. The van der Waals surface area contributed by atoms with Gasteiger partial charge in [0.05, 0.1) is 0 Å². The van der Waals surface area contributed by atoms with Gasteiger partial charge in [-0.2, -0.15) is 0 Å². The molecule has 0 aliphatic carbocycles. The van der Waals surface area contributed by atoms with Gasteiger partial charge in [0, 0.05) is 28.0 Å². The third-order valence-corrected chi connectivity index (χ3v) is 11.4. The number of benzene rings is 10. The molecule has 0 spiro atoms. The van der Waals surface area contributed by atoms with E-state index < -0.39 is 0 Å². The maximum Gasteiger partial charge on any atom is 0.135 e. The number of fused-ring (bicyclic) bond motifs is 5. The molecule has 0 radical (unpaired) electrons. The molecule has 10 aromatic carbocycles. The molecule has 0 aliphatic heterocycles.